The Labute approximate surface area is 67.3 Å². The van der Waals surface area contributed by atoms with E-state index in [-0.39, 0.29) is 0 Å². The van der Waals surface area contributed by atoms with Gasteiger partial charge in [-0.3, -0.25) is 0 Å². The normalized spacial score (nSPS) is 7.64. The summed E-state index contributed by atoms with van der Waals surface area (Å²) < 4.78 is 0. The summed E-state index contributed by atoms with van der Waals surface area (Å²) in [7, 11) is 0. The van der Waals surface area contributed by atoms with Crippen molar-refractivity contribution in [2.75, 3.05) is 0 Å². The van der Waals surface area contributed by atoms with Crippen LogP contribution in [0.3, 0.4) is 0 Å². The first-order valence-corrected chi connectivity index (χ1v) is 3.37. The van der Waals surface area contributed by atoms with Crippen molar-refractivity contribution >= 4 is 0 Å². The van der Waals surface area contributed by atoms with E-state index in [1.807, 2.05) is 24.3 Å². The molecule has 0 aliphatic heterocycles. The summed E-state index contributed by atoms with van der Waals surface area (Å²) in [5, 5.41) is 0. The van der Waals surface area contributed by atoms with Crippen LogP contribution in [0.25, 0.3) is 0 Å². The summed E-state index contributed by atoms with van der Waals surface area (Å²) in [5.74, 6) is 8.33. The van der Waals surface area contributed by atoms with Crippen LogP contribution in [0.2, 0.25) is 0 Å². The molecular formula is C11H8. The van der Waals surface area contributed by atoms with E-state index in [1.54, 1.807) is 6.92 Å². The Bertz CT molecular complexity index is 342. The molecule has 52 valence electrons. The molecule has 0 saturated heterocycles. The quantitative estimate of drug-likeness (QED) is 0.484. The summed E-state index contributed by atoms with van der Waals surface area (Å²) in [4.78, 5) is 0. The maximum absolute atomic E-state index is 5.26. The van der Waals surface area contributed by atoms with Gasteiger partial charge >= 0.3 is 0 Å². The van der Waals surface area contributed by atoms with Crippen LogP contribution in [-0.2, 0) is 0 Å². The zero-order chi connectivity index (χ0) is 8.10. The molecule has 0 spiro atoms. The highest BCUT2D eigenvalue weighted by Crippen LogP contribution is 2.04. The Morgan fingerprint density at radius 1 is 1.18 bits per heavy atom. The highest BCUT2D eigenvalue weighted by molar-refractivity contribution is 5.48. The Balaban J connectivity index is 3.22. The van der Waals surface area contributed by atoms with E-state index < -0.39 is 0 Å². The van der Waals surface area contributed by atoms with Gasteiger partial charge in [0.15, 0.2) is 0 Å². The van der Waals surface area contributed by atoms with Crippen molar-refractivity contribution in [3.63, 3.8) is 0 Å². The highest BCUT2D eigenvalue weighted by atomic mass is 13.9. The molecule has 0 radical (unpaired) electrons. The lowest BCUT2D eigenvalue weighted by atomic mass is 10.1. The maximum Gasteiger partial charge on any atom is 0.0401 e. The highest BCUT2D eigenvalue weighted by Gasteiger charge is 1.91. The van der Waals surface area contributed by atoms with Crippen LogP contribution >= 0.6 is 0 Å². The number of benzene rings is 1. The third kappa shape index (κ3) is 1.63. The predicted octanol–water partition coefficient (Wildman–Crippen LogP) is 2.04. The molecule has 0 amide bonds. The lowest BCUT2D eigenvalue weighted by Gasteiger charge is -1.92. The van der Waals surface area contributed by atoms with Gasteiger partial charge in [-0.15, -0.1) is 12.3 Å². The molecule has 1 rings (SSSR count). The SMILES string of the molecule is C#Cc1ccccc1C#CC. The van der Waals surface area contributed by atoms with E-state index in [2.05, 4.69) is 17.8 Å². The molecule has 0 nitrogen and oxygen atoms in total. The van der Waals surface area contributed by atoms with Crippen LogP contribution < -0.4 is 0 Å². The van der Waals surface area contributed by atoms with E-state index in [9.17, 15) is 0 Å². The monoisotopic (exact) mass is 140 g/mol. The van der Waals surface area contributed by atoms with Gasteiger partial charge in [0.1, 0.15) is 0 Å². The first-order chi connectivity index (χ1) is 5.38. The average molecular weight is 140 g/mol. The Morgan fingerprint density at radius 3 is 2.36 bits per heavy atom. The Kier molecular flexibility index (Phi) is 2.37. The summed E-state index contributed by atoms with van der Waals surface area (Å²) in [6, 6.07) is 7.65. The van der Waals surface area contributed by atoms with E-state index in [0.717, 1.165) is 11.1 Å². The Hall–Kier alpha value is -1.66. The average Bonchev–Trinajstić information content (AvgIpc) is 2.06. The largest absolute Gasteiger partial charge is 0.115 e. The van der Waals surface area contributed by atoms with Crippen molar-refractivity contribution in [3.8, 4) is 24.2 Å². The van der Waals surface area contributed by atoms with Crippen LogP contribution in [0.1, 0.15) is 18.1 Å². The van der Waals surface area contributed by atoms with E-state index in [4.69, 9.17) is 6.42 Å². The molecule has 0 heterocycles. The first-order valence-electron chi connectivity index (χ1n) is 3.37. The van der Waals surface area contributed by atoms with Gasteiger partial charge in [-0.1, -0.05) is 24.0 Å². The zero-order valence-electron chi connectivity index (χ0n) is 6.39. The van der Waals surface area contributed by atoms with Gasteiger partial charge in [-0.2, -0.15) is 0 Å². The standard InChI is InChI=1S/C11H8/c1-3-7-11-9-6-5-8-10(11)4-2/h2,5-6,8-9H,1H3. The molecule has 0 saturated carbocycles. The molecule has 0 atom stereocenters. The summed E-state index contributed by atoms with van der Waals surface area (Å²) in [5.41, 5.74) is 1.79. The van der Waals surface area contributed by atoms with Crippen LogP contribution in [0.4, 0.5) is 0 Å². The molecule has 0 aromatic heterocycles. The van der Waals surface area contributed by atoms with Crippen molar-refractivity contribution in [2.24, 2.45) is 0 Å². The maximum atomic E-state index is 5.26. The van der Waals surface area contributed by atoms with Gasteiger partial charge in [0.2, 0.25) is 0 Å². The Morgan fingerprint density at radius 2 is 1.82 bits per heavy atom. The fourth-order valence-corrected chi connectivity index (χ4v) is 0.853. The van der Waals surface area contributed by atoms with Gasteiger partial charge in [-0.25, -0.2) is 0 Å². The van der Waals surface area contributed by atoms with Gasteiger partial charge < -0.3 is 0 Å². The lowest BCUT2D eigenvalue weighted by Crippen LogP contribution is -1.80. The lowest BCUT2D eigenvalue weighted by molar-refractivity contribution is 1.59. The van der Waals surface area contributed by atoms with Crippen LogP contribution in [-0.4, -0.2) is 0 Å². The molecule has 0 N–H and O–H groups in total. The van der Waals surface area contributed by atoms with Crippen molar-refractivity contribution in [1.82, 2.24) is 0 Å². The van der Waals surface area contributed by atoms with Crippen molar-refractivity contribution in [3.05, 3.63) is 35.4 Å². The fraction of sp³-hybridized carbons (Fsp3) is 0.0909. The van der Waals surface area contributed by atoms with Crippen molar-refractivity contribution in [1.29, 1.82) is 0 Å². The molecule has 0 fully saturated rings. The van der Waals surface area contributed by atoms with Crippen LogP contribution in [0.5, 0.6) is 0 Å². The number of rotatable bonds is 0. The summed E-state index contributed by atoms with van der Waals surface area (Å²) >= 11 is 0. The molecule has 11 heavy (non-hydrogen) atoms. The molecule has 0 aliphatic rings. The van der Waals surface area contributed by atoms with Crippen molar-refractivity contribution < 1.29 is 0 Å². The second kappa shape index (κ2) is 3.49. The minimum atomic E-state index is 0.863. The van der Waals surface area contributed by atoms with Gasteiger partial charge in [0.25, 0.3) is 0 Å². The minimum Gasteiger partial charge on any atom is -0.115 e. The molecule has 0 bridgehead atoms. The number of terminal acetylenes is 1. The van der Waals surface area contributed by atoms with E-state index in [0.29, 0.717) is 0 Å². The van der Waals surface area contributed by atoms with Crippen molar-refractivity contribution in [2.45, 2.75) is 6.92 Å². The molecule has 0 heteroatoms. The van der Waals surface area contributed by atoms with E-state index >= 15 is 0 Å². The summed E-state index contributed by atoms with van der Waals surface area (Å²) in [6.07, 6.45) is 5.26. The van der Waals surface area contributed by atoms with Gasteiger partial charge in [0.05, 0.1) is 0 Å². The fourth-order valence-electron chi connectivity index (χ4n) is 0.853. The minimum absolute atomic E-state index is 0.863. The van der Waals surface area contributed by atoms with E-state index in [1.165, 1.54) is 0 Å². The second-order valence-corrected chi connectivity index (χ2v) is 2.06. The topological polar surface area (TPSA) is 0 Å². The van der Waals surface area contributed by atoms with Crippen LogP contribution in [0, 0.1) is 24.2 Å². The third-order valence-electron chi connectivity index (χ3n) is 1.34. The first kappa shape index (κ1) is 7.45. The molecule has 1 aromatic rings. The molecule has 1 aromatic carbocycles. The number of hydrogen-bond acceptors (Lipinski definition) is 0. The van der Waals surface area contributed by atoms with Gasteiger partial charge in [0, 0.05) is 11.1 Å². The molecular weight excluding hydrogens is 132 g/mol. The van der Waals surface area contributed by atoms with Gasteiger partial charge in [-0.05, 0) is 19.1 Å². The third-order valence-corrected chi connectivity index (χ3v) is 1.34. The summed E-state index contributed by atoms with van der Waals surface area (Å²) in [6.45, 7) is 1.80. The zero-order valence-corrected chi connectivity index (χ0v) is 6.39. The second-order valence-electron chi connectivity index (χ2n) is 2.06. The molecule has 0 aliphatic carbocycles. The smallest absolute Gasteiger partial charge is 0.0401 e. The predicted molar refractivity (Wildman–Crippen MR) is 46.9 cm³/mol. The van der Waals surface area contributed by atoms with Crippen LogP contribution in [0.15, 0.2) is 24.3 Å². The molecule has 0 unspecified atom stereocenters. The number of hydrogen-bond donors (Lipinski definition) is 0.